The third-order valence-corrected chi connectivity index (χ3v) is 4.32. The van der Waals surface area contributed by atoms with E-state index in [0.29, 0.717) is 11.6 Å². The lowest BCUT2D eigenvalue weighted by atomic mass is 10.0. The lowest BCUT2D eigenvalue weighted by Crippen LogP contribution is -2.45. The molecule has 0 aliphatic heterocycles. The van der Waals surface area contributed by atoms with Crippen molar-refractivity contribution < 1.29 is 14.1 Å². The maximum Gasteiger partial charge on any atom is 0.245 e. The van der Waals surface area contributed by atoms with Gasteiger partial charge in [-0.3, -0.25) is 9.59 Å². The number of aromatic nitrogens is 1. The van der Waals surface area contributed by atoms with Crippen LogP contribution in [0.5, 0.6) is 0 Å². The van der Waals surface area contributed by atoms with Gasteiger partial charge in [-0.1, -0.05) is 24.9 Å². The molecule has 1 aromatic heterocycles. The SMILES string of the molecule is CC[C@@H](C)N(CC(=O)Nc1cc(C)on1)C(=O)C1CCCC1. The molecule has 1 aromatic rings. The maximum absolute atomic E-state index is 12.6. The standard InChI is InChI=1S/C16H25N3O3/c1-4-11(2)19(16(21)13-7-5-6-8-13)10-15(20)17-14-9-12(3)22-18-14/h9,11,13H,4-8,10H2,1-3H3,(H,17,18,20)/t11-/m1/s1. The predicted octanol–water partition coefficient (Wildman–Crippen LogP) is 2.74. The number of rotatable bonds is 6. The topological polar surface area (TPSA) is 75.4 Å². The Hall–Kier alpha value is -1.85. The maximum atomic E-state index is 12.6. The summed E-state index contributed by atoms with van der Waals surface area (Å²) in [7, 11) is 0. The van der Waals surface area contributed by atoms with E-state index in [-0.39, 0.29) is 30.3 Å². The number of hydrogen-bond donors (Lipinski definition) is 1. The van der Waals surface area contributed by atoms with Crippen molar-refractivity contribution in [2.45, 2.75) is 58.9 Å². The van der Waals surface area contributed by atoms with Gasteiger partial charge in [-0.25, -0.2) is 0 Å². The van der Waals surface area contributed by atoms with Crippen LogP contribution in [0.25, 0.3) is 0 Å². The second kappa shape index (κ2) is 7.42. The lowest BCUT2D eigenvalue weighted by Gasteiger charge is -2.30. The molecular weight excluding hydrogens is 282 g/mol. The number of amides is 2. The monoisotopic (exact) mass is 307 g/mol. The fourth-order valence-electron chi connectivity index (χ4n) is 2.84. The molecule has 0 unspecified atom stereocenters. The molecule has 1 heterocycles. The minimum absolute atomic E-state index is 0.0536. The molecule has 1 aliphatic carbocycles. The molecule has 0 spiro atoms. The second-order valence-electron chi connectivity index (χ2n) is 6.08. The smallest absolute Gasteiger partial charge is 0.245 e. The summed E-state index contributed by atoms with van der Waals surface area (Å²) < 4.78 is 4.92. The molecule has 2 rings (SSSR count). The molecule has 1 N–H and O–H groups in total. The van der Waals surface area contributed by atoms with Crippen molar-refractivity contribution in [3.8, 4) is 0 Å². The molecule has 1 saturated carbocycles. The molecule has 22 heavy (non-hydrogen) atoms. The molecule has 6 heteroatoms. The molecule has 6 nitrogen and oxygen atoms in total. The van der Waals surface area contributed by atoms with E-state index in [4.69, 9.17) is 4.52 Å². The Kier molecular flexibility index (Phi) is 5.57. The van der Waals surface area contributed by atoms with Gasteiger partial charge < -0.3 is 14.7 Å². The van der Waals surface area contributed by atoms with Crippen LogP contribution in [0.1, 0.15) is 51.7 Å². The average molecular weight is 307 g/mol. The van der Waals surface area contributed by atoms with Crippen LogP contribution in [0.4, 0.5) is 5.82 Å². The van der Waals surface area contributed by atoms with Gasteiger partial charge in [0.25, 0.3) is 0 Å². The van der Waals surface area contributed by atoms with Crippen LogP contribution >= 0.6 is 0 Å². The predicted molar refractivity (Wildman–Crippen MR) is 83.3 cm³/mol. The number of carbonyl (C=O) groups is 2. The molecule has 0 bridgehead atoms. The van der Waals surface area contributed by atoms with Crippen LogP contribution in [0.3, 0.4) is 0 Å². The number of anilines is 1. The first kappa shape index (κ1) is 16.5. The van der Waals surface area contributed by atoms with Crippen LogP contribution in [0, 0.1) is 12.8 Å². The van der Waals surface area contributed by atoms with E-state index in [9.17, 15) is 9.59 Å². The van der Waals surface area contributed by atoms with Crippen molar-refractivity contribution in [1.29, 1.82) is 0 Å². The van der Waals surface area contributed by atoms with Gasteiger partial charge in [0.05, 0.1) is 0 Å². The quantitative estimate of drug-likeness (QED) is 0.877. The summed E-state index contributed by atoms with van der Waals surface area (Å²) in [4.78, 5) is 26.5. The number of nitrogens with one attached hydrogen (secondary N) is 1. The van der Waals surface area contributed by atoms with E-state index in [1.165, 1.54) is 0 Å². The Morgan fingerprint density at radius 1 is 1.45 bits per heavy atom. The molecule has 2 amide bonds. The van der Waals surface area contributed by atoms with Crippen molar-refractivity contribution in [2.75, 3.05) is 11.9 Å². The van der Waals surface area contributed by atoms with Gasteiger partial charge in [0.15, 0.2) is 5.82 Å². The van der Waals surface area contributed by atoms with Crippen molar-refractivity contribution >= 4 is 17.6 Å². The fraction of sp³-hybridized carbons (Fsp3) is 0.688. The summed E-state index contributed by atoms with van der Waals surface area (Å²) in [5.74, 6) is 0.977. The first-order valence-electron chi connectivity index (χ1n) is 8.05. The van der Waals surface area contributed by atoms with Crippen molar-refractivity contribution in [1.82, 2.24) is 10.1 Å². The molecule has 1 atom stereocenters. The molecule has 0 aromatic carbocycles. The van der Waals surface area contributed by atoms with Gasteiger partial charge >= 0.3 is 0 Å². The average Bonchev–Trinajstić information content (AvgIpc) is 3.15. The summed E-state index contributed by atoms with van der Waals surface area (Å²) in [5.41, 5.74) is 0. The molecular formula is C16H25N3O3. The van der Waals surface area contributed by atoms with Crippen LogP contribution < -0.4 is 5.32 Å². The van der Waals surface area contributed by atoms with E-state index >= 15 is 0 Å². The number of aryl methyl sites for hydroxylation is 1. The summed E-state index contributed by atoms with van der Waals surface area (Å²) in [6, 6.07) is 1.71. The van der Waals surface area contributed by atoms with Gasteiger partial charge in [-0.15, -0.1) is 0 Å². The summed E-state index contributed by atoms with van der Waals surface area (Å²) >= 11 is 0. The molecule has 1 aliphatic rings. The summed E-state index contributed by atoms with van der Waals surface area (Å²) in [5, 5.41) is 6.42. The van der Waals surface area contributed by atoms with Crippen LogP contribution in [-0.4, -0.2) is 34.5 Å². The largest absolute Gasteiger partial charge is 0.360 e. The van der Waals surface area contributed by atoms with Crippen molar-refractivity contribution in [2.24, 2.45) is 5.92 Å². The van der Waals surface area contributed by atoms with Crippen molar-refractivity contribution in [3.63, 3.8) is 0 Å². The van der Waals surface area contributed by atoms with Crippen LogP contribution in [-0.2, 0) is 9.59 Å². The number of nitrogens with zero attached hydrogens (tertiary/aromatic N) is 2. The highest BCUT2D eigenvalue weighted by atomic mass is 16.5. The van der Waals surface area contributed by atoms with E-state index in [1.807, 2.05) is 13.8 Å². The Balaban J connectivity index is 1.99. The highest BCUT2D eigenvalue weighted by Gasteiger charge is 2.30. The van der Waals surface area contributed by atoms with Gasteiger partial charge in [-0.2, -0.15) is 0 Å². The van der Waals surface area contributed by atoms with E-state index in [0.717, 1.165) is 32.1 Å². The fourth-order valence-corrected chi connectivity index (χ4v) is 2.84. The molecule has 122 valence electrons. The Bertz CT molecular complexity index is 520. The third kappa shape index (κ3) is 4.08. The highest BCUT2D eigenvalue weighted by molar-refractivity contribution is 5.94. The van der Waals surface area contributed by atoms with Gasteiger partial charge in [0, 0.05) is 18.0 Å². The highest BCUT2D eigenvalue weighted by Crippen LogP contribution is 2.27. The first-order chi connectivity index (χ1) is 10.5. The van der Waals surface area contributed by atoms with Gasteiger partial charge in [0.2, 0.25) is 11.8 Å². The van der Waals surface area contributed by atoms with Crippen LogP contribution in [0.15, 0.2) is 10.6 Å². The van der Waals surface area contributed by atoms with Crippen LogP contribution in [0.2, 0.25) is 0 Å². The number of carbonyl (C=O) groups excluding carboxylic acids is 2. The molecule has 0 saturated heterocycles. The Labute approximate surface area is 131 Å². The third-order valence-electron chi connectivity index (χ3n) is 4.32. The van der Waals surface area contributed by atoms with E-state index in [1.54, 1.807) is 17.9 Å². The normalized spacial score (nSPS) is 16.5. The zero-order chi connectivity index (χ0) is 16.1. The minimum Gasteiger partial charge on any atom is -0.360 e. The second-order valence-corrected chi connectivity index (χ2v) is 6.08. The van der Waals surface area contributed by atoms with Gasteiger partial charge in [0.1, 0.15) is 12.3 Å². The molecule has 0 radical (unpaired) electrons. The Morgan fingerprint density at radius 3 is 2.68 bits per heavy atom. The van der Waals surface area contributed by atoms with Crippen molar-refractivity contribution in [3.05, 3.63) is 11.8 Å². The first-order valence-corrected chi connectivity index (χ1v) is 8.05. The zero-order valence-electron chi connectivity index (χ0n) is 13.6. The number of hydrogen-bond acceptors (Lipinski definition) is 4. The van der Waals surface area contributed by atoms with Gasteiger partial charge in [-0.05, 0) is 33.1 Å². The minimum atomic E-state index is -0.236. The lowest BCUT2D eigenvalue weighted by molar-refractivity contribution is -0.140. The summed E-state index contributed by atoms with van der Waals surface area (Å²) in [6.45, 7) is 5.84. The van der Waals surface area contributed by atoms with E-state index < -0.39 is 0 Å². The zero-order valence-corrected chi connectivity index (χ0v) is 13.6. The summed E-state index contributed by atoms with van der Waals surface area (Å²) in [6.07, 6.45) is 4.92. The molecule has 1 fully saturated rings. The van der Waals surface area contributed by atoms with E-state index in [2.05, 4.69) is 10.5 Å². The Morgan fingerprint density at radius 2 is 2.14 bits per heavy atom.